The minimum absolute atomic E-state index is 0.108. The van der Waals surface area contributed by atoms with Crippen molar-refractivity contribution in [1.29, 1.82) is 5.26 Å². The number of nitriles is 1. The monoisotopic (exact) mass is 492 g/mol. The Bertz CT molecular complexity index is 1070. The number of rotatable bonds is 8. The molecule has 1 N–H and O–H groups in total. The molecule has 0 bridgehead atoms. The lowest BCUT2D eigenvalue weighted by Gasteiger charge is -2.31. The first kappa shape index (κ1) is 26.0. The third-order valence-corrected chi connectivity index (χ3v) is 7.35. The topological polar surface area (TPSA) is 97.7 Å². The van der Waals surface area contributed by atoms with E-state index < -0.39 is 17.9 Å². The zero-order valence-corrected chi connectivity index (χ0v) is 21.3. The molecule has 2 fully saturated rings. The number of hydrogen-bond acceptors (Lipinski definition) is 7. The van der Waals surface area contributed by atoms with Gasteiger partial charge in [-0.1, -0.05) is 31.4 Å². The maximum absolute atomic E-state index is 13.4. The van der Waals surface area contributed by atoms with Crippen LogP contribution in [0, 0.1) is 11.3 Å². The van der Waals surface area contributed by atoms with Gasteiger partial charge in [0.1, 0.15) is 12.7 Å². The molecule has 2 aliphatic carbocycles. The summed E-state index contributed by atoms with van der Waals surface area (Å²) in [7, 11) is 0. The predicted molar refractivity (Wildman–Crippen MR) is 135 cm³/mol. The van der Waals surface area contributed by atoms with E-state index in [1.807, 2.05) is 13.0 Å². The summed E-state index contributed by atoms with van der Waals surface area (Å²) in [6.07, 6.45) is 9.63. The van der Waals surface area contributed by atoms with Crippen molar-refractivity contribution in [2.75, 3.05) is 13.2 Å². The normalized spacial score (nSPS) is 21.2. The fourth-order valence-corrected chi connectivity index (χ4v) is 5.54. The van der Waals surface area contributed by atoms with Gasteiger partial charge >= 0.3 is 11.9 Å². The van der Waals surface area contributed by atoms with Crippen molar-refractivity contribution in [2.24, 2.45) is 0 Å². The fraction of sp³-hybridized carbons (Fsp3) is 0.552. The van der Waals surface area contributed by atoms with Crippen molar-refractivity contribution in [1.82, 2.24) is 5.32 Å². The van der Waals surface area contributed by atoms with Gasteiger partial charge in [-0.05, 0) is 70.1 Å². The first-order valence-corrected chi connectivity index (χ1v) is 13.2. The zero-order chi connectivity index (χ0) is 25.5. The smallest absolute Gasteiger partial charge is 0.337 e. The number of carbonyl (C=O) groups is 2. The lowest BCUT2D eigenvalue weighted by molar-refractivity contribution is -0.144. The minimum Gasteiger partial charge on any atom is -0.460 e. The third-order valence-electron chi connectivity index (χ3n) is 7.35. The SMILES string of the molecule is CC1=C(C(=O)OCCOC2CCCCC2)C(c2cccc(C#N)c2)C(C(=O)OC2CCCC2)=C(C)N1. The molecule has 2 saturated carbocycles. The number of esters is 2. The molecular formula is C29H36N2O5. The zero-order valence-electron chi connectivity index (χ0n) is 21.3. The van der Waals surface area contributed by atoms with E-state index in [0.29, 0.717) is 40.3 Å². The summed E-state index contributed by atoms with van der Waals surface area (Å²) in [5, 5.41) is 12.7. The van der Waals surface area contributed by atoms with Crippen LogP contribution in [-0.4, -0.2) is 37.4 Å². The molecule has 1 aromatic rings. The van der Waals surface area contributed by atoms with E-state index in [-0.39, 0.29) is 18.8 Å². The van der Waals surface area contributed by atoms with E-state index in [2.05, 4.69) is 11.4 Å². The van der Waals surface area contributed by atoms with Crippen LogP contribution in [0.1, 0.15) is 88.7 Å². The summed E-state index contributed by atoms with van der Waals surface area (Å²) in [4.78, 5) is 26.8. The molecule has 7 heteroatoms. The number of ether oxygens (including phenoxy) is 3. The van der Waals surface area contributed by atoms with Gasteiger partial charge in [0.25, 0.3) is 0 Å². The van der Waals surface area contributed by atoms with Crippen LogP contribution in [-0.2, 0) is 23.8 Å². The average Bonchev–Trinajstić information content (AvgIpc) is 3.39. The molecule has 36 heavy (non-hydrogen) atoms. The van der Waals surface area contributed by atoms with Gasteiger partial charge in [-0.15, -0.1) is 0 Å². The number of nitrogens with zero attached hydrogens (tertiary/aromatic N) is 1. The molecule has 1 heterocycles. The molecule has 192 valence electrons. The fourth-order valence-electron chi connectivity index (χ4n) is 5.54. The highest BCUT2D eigenvalue weighted by atomic mass is 16.6. The maximum Gasteiger partial charge on any atom is 0.337 e. The quantitative estimate of drug-likeness (QED) is 0.395. The standard InChI is InChI=1S/C29H36N2O5/c1-19-25(28(32)35-16-15-34-23-11-4-3-5-12-23)27(22-10-8-9-21(17-22)18-30)26(20(2)31-19)29(33)36-24-13-6-7-14-24/h8-10,17,23-24,27,31H,3-7,11-16H2,1-2H3. The lowest BCUT2D eigenvalue weighted by atomic mass is 9.80. The summed E-state index contributed by atoms with van der Waals surface area (Å²) >= 11 is 0. The second-order valence-electron chi connectivity index (χ2n) is 9.95. The van der Waals surface area contributed by atoms with E-state index in [1.54, 1.807) is 25.1 Å². The molecule has 1 atom stereocenters. The van der Waals surface area contributed by atoms with Crippen LogP contribution in [0.15, 0.2) is 46.8 Å². The van der Waals surface area contributed by atoms with Gasteiger partial charge in [0.2, 0.25) is 0 Å². The molecule has 0 amide bonds. The molecule has 0 spiro atoms. The highest BCUT2D eigenvalue weighted by Gasteiger charge is 2.39. The van der Waals surface area contributed by atoms with Crippen molar-refractivity contribution in [2.45, 2.75) is 89.8 Å². The summed E-state index contributed by atoms with van der Waals surface area (Å²) in [5.41, 5.74) is 3.13. The van der Waals surface area contributed by atoms with Gasteiger partial charge in [0, 0.05) is 11.4 Å². The van der Waals surface area contributed by atoms with E-state index >= 15 is 0 Å². The van der Waals surface area contributed by atoms with Crippen LogP contribution in [0.25, 0.3) is 0 Å². The van der Waals surface area contributed by atoms with E-state index in [4.69, 9.17) is 14.2 Å². The molecule has 0 aromatic heterocycles. The number of hydrogen-bond donors (Lipinski definition) is 1. The number of nitrogens with one attached hydrogen (secondary N) is 1. The van der Waals surface area contributed by atoms with Crippen molar-refractivity contribution < 1.29 is 23.8 Å². The second kappa shape index (κ2) is 12.2. The molecule has 3 aliphatic rings. The van der Waals surface area contributed by atoms with E-state index in [9.17, 15) is 14.9 Å². The van der Waals surface area contributed by atoms with Gasteiger partial charge < -0.3 is 19.5 Å². The Morgan fingerprint density at radius 1 is 0.917 bits per heavy atom. The lowest BCUT2D eigenvalue weighted by Crippen LogP contribution is -2.33. The number of allylic oxidation sites excluding steroid dienone is 2. The molecule has 1 aromatic carbocycles. The summed E-state index contributed by atoms with van der Waals surface area (Å²) in [6, 6.07) is 9.17. The average molecular weight is 493 g/mol. The molecule has 1 aliphatic heterocycles. The van der Waals surface area contributed by atoms with Gasteiger partial charge in [-0.25, -0.2) is 9.59 Å². The number of benzene rings is 1. The van der Waals surface area contributed by atoms with Gasteiger partial charge in [-0.2, -0.15) is 5.26 Å². The highest BCUT2D eigenvalue weighted by Crippen LogP contribution is 2.40. The number of dihydropyridines is 1. The Labute approximate surface area is 213 Å². The molecule has 0 saturated heterocycles. The van der Waals surface area contributed by atoms with Crippen LogP contribution in [0.3, 0.4) is 0 Å². The maximum atomic E-state index is 13.4. The molecular weight excluding hydrogens is 456 g/mol. The van der Waals surface area contributed by atoms with Crippen LogP contribution >= 0.6 is 0 Å². The summed E-state index contributed by atoms with van der Waals surface area (Å²) in [5.74, 6) is -1.63. The Balaban J connectivity index is 1.56. The Morgan fingerprint density at radius 2 is 1.56 bits per heavy atom. The van der Waals surface area contributed by atoms with Crippen LogP contribution < -0.4 is 5.32 Å². The van der Waals surface area contributed by atoms with Gasteiger partial charge in [-0.3, -0.25) is 0 Å². The Hall–Kier alpha value is -3.11. The third kappa shape index (κ3) is 6.17. The highest BCUT2D eigenvalue weighted by molar-refractivity contribution is 6.00. The van der Waals surface area contributed by atoms with Crippen molar-refractivity contribution >= 4 is 11.9 Å². The van der Waals surface area contributed by atoms with E-state index in [0.717, 1.165) is 38.5 Å². The second-order valence-corrected chi connectivity index (χ2v) is 9.95. The van der Waals surface area contributed by atoms with Crippen LogP contribution in [0.4, 0.5) is 0 Å². The van der Waals surface area contributed by atoms with Crippen LogP contribution in [0.5, 0.6) is 0 Å². The molecule has 7 nitrogen and oxygen atoms in total. The largest absolute Gasteiger partial charge is 0.460 e. The van der Waals surface area contributed by atoms with Crippen molar-refractivity contribution in [3.63, 3.8) is 0 Å². The molecule has 0 radical (unpaired) electrons. The number of carbonyl (C=O) groups excluding carboxylic acids is 2. The van der Waals surface area contributed by atoms with Crippen molar-refractivity contribution in [3.05, 3.63) is 57.9 Å². The first-order chi connectivity index (χ1) is 17.5. The molecule has 1 unspecified atom stereocenters. The molecule has 4 rings (SSSR count). The van der Waals surface area contributed by atoms with Crippen molar-refractivity contribution in [3.8, 4) is 6.07 Å². The Kier molecular flexibility index (Phi) is 8.82. The first-order valence-electron chi connectivity index (χ1n) is 13.2. The van der Waals surface area contributed by atoms with E-state index in [1.165, 1.54) is 19.3 Å². The van der Waals surface area contributed by atoms with Crippen LogP contribution in [0.2, 0.25) is 0 Å². The van der Waals surface area contributed by atoms with Gasteiger partial charge in [0.05, 0.1) is 41.4 Å². The Morgan fingerprint density at radius 3 is 2.25 bits per heavy atom. The predicted octanol–water partition coefficient (Wildman–Crippen LogP) is 5.17. The summed E-state index contributed by atoms with van der Waals surface area (Å²) < 4.78 is 17.4. The summed E-state index contributed by atoms with van der Waals surface area (Å²) in [6.45, 7) is 4.10. The minimum atomic E-state index is -0.694. The van der Waals surface area contributed by atoms with Gasteiger partial charge in [0.15, 0.2) is 0 Å².